The highest BCUT2D eigenvalue weighted by Gasteiger charge is 2.15. The van der Waals surface area contributed by atoms with Gasteiger partial charge in [-0.2, -0.15) is 5.10 Å². The Bertz CT molecular complexity index is 1090. The fourth-order valence-electron chi connectivity index (χ4n) is 2.58. The Hall–Kier alpha value is -3.12. The zero-order chi connectivity index (χ0) is 16.7. The van der Waals surface area contributed by atoms with Gasteiger partial charge in [0.05, 0.1) is 33.5 Å². The van der Waals surface area contributed by atoms with Crippen molar-refractivity contribution in [1.29, 1.82) is 0 Å². The van der Waals surface area contributed by atoms with E-state index in [2.05, 4.69) is 20.5 Å². The highest BCUT2D eigenvalue weighted by Crippen LogP contribution is 2.30. The number of hydrogen-bond donors (Lipinski definition) is 3. The number of halogens is 1. The molecule has 0 fully saturated rings. The standard InChI is InChI=1S/C17H12ClN5O/c18-15-11-8-20-23-13(11)5-6-14(15)22-17(24)10-7-9-3-1-2-4-12(9)21-16(10)19/h1-8H,(H2,19,21)(H,20,23)(H,22,24). The zero-order valence-corrected chi connectivity index (χ0v) is 13.1. The van der Waals surface area contributed by atoms with E-state index < -0.39 is 0 Å². The van der Waals surface area contributed by atoms with Crippen molar-refractivity contribution in [3.63, 3.8) is 0 Å². The molecule has 0 bridgehead atoms. The van der Waals surface area contributed by atoms with Gasteiger partial charge in [0.15, 0.2) is 0 Å². The van der Waals surface area contributed by atoms with Gasteiger partial charge in [0.25, 0.3) is 5.91 Å². The van der Waals surface area contributed by atoms with E-state index in [0.29, 0.717) is 16.3 Å². The third-order valence-corrected chi connectivity index (χ3v) is 4.21. The quantitative estimate of drug-likeness (QED) is 0.520. The van der Waals surface area contributed by atoms with Gasteiger partial charge in [-0.05, 0) is 24.3 Å². The van der Waals surface area contributed by atoms with Crippen LogP contribution in [0.4, 0.5) is 11.5 Å². The van der Waals surface area contributed by atoms with Crippen LogP contribution in [0.15, 0.2) is 48.7 Å². The van der Waals surface area contributed by atoms with E-state index in [-0.39, 0.29) is 11.7 Å². The lowest BCUT2D eigenvalue weighted by atomic mass is 10.1. The van der Waals surface area contributed by atoms with E-state index in [4.69, 9.17) is 17.3 Å². The predicted octanol–water partition coefficient (Wildman–Crippen LogP) is 3.60. The third kappa shape index (κ3) is 2.33. The minimum Gasteiger partial charge on any atom is -0.383 e. The average molecular weight is 338 g/mol. The number of amides is 1. The maximum absolute atomic E-state index is 12.6. The lowest BCUT2D eigenvalue weighted by Crippen LogP contribution is -2.15. The summed E-state index contributed by atoms with van der Waals surface area (Å²) >= 11 is 6.33. The molecule has 6 nitrogen and oxygen atoms in total. The first kappa shape index (κ1) is 14.5. The number of nitrogens with two attached hydrogens (primary N) is 1. The lowest BCUT2D eigenvalue weighted by Gasteiger charge is -2.10. The molecule has 118 valence electrons. The van der Waals surface area contributed by atoms with Crippen molar-refractivity contribution in [3.8, 4) is 0 Å². The summed E-state index contributed by atoms with van der Waals surface area (Å²) in [5.74, 6) is -0.192. The van der Waals surface area contributed by atoms with Crippen LogP contribution in [0.3, 0.4) is 0 Å². The van der Waals surface area contributed by atoms with Crippen molar-refractivity contribution >= 4 is 50.8 Å². The highest BCUT2D eigenvalue weighted by molar-refractivity contribution is 6.38. The smallest absolute Gasteiger partial charge is 0.259 e. The predicted molar refractivity (Wildman–Crippen MR) is 95.2 cm³/mol. The molecule has 4 rings (SSSR count). The molecule has 0 unspecified atom stereocenters. The number of carbonyl (C=O) groups excluding carboxylic acids is 1. The van der Waals surface area contributed by atoms with E-state index in [0.717, 1.165) is 21.8 Å². The molecule has 2 aromatic carbocycles. The van der Waals surface area contributed by atoms with Gasteiger partial charge >= 0.3 is 0 Å². The fourth-order valence-corrected chi connectivity index (χ4v) is 2.84. The number of aromatic nitrogens is 3. The van der Waals surface area contributed by atoms with E-state index in [1.165, 1.54) is 0 Å². The highest BCUT2D eigenvalue weighted by atomic mass is 35.5. The van der Waals surface area contributed by atoms with Crippen LogP contribution >= 0.6 is 11.6 Å². The first-order valence-corrected chi connectivity index (χ1v) is 7.59. The minimum absolute atomic E-state index is 0.173. The fraction of sp³-hybridized carbons (Fsp3) is 0. The van der Waals surface area contributed by atoms with Gasteiger partial charge < -0.3 is 11.1 Å². The molecule has 0 saturated heterocycles. The van der Waals surface area contributed by atoms with Crippen molar-refractivity contribution < 1.29 is 4.79 Å². The number of nitrogens with one attached hydrogen (secondary N) is 2. The lowest BCUT2D eigenvalue weighted by molar-refractivity contribution is 0.102. The minimum atomic E-state index is -0.365. The number of aromatic amines is 1. The number of fused-ring (bicyclic) bond motifs is 2. The summed E-state index contributed by atoms with van der Waals surface area (Å²) in [4.78, 5) is 16.9. The van der Waals surface area contributed by atoms with Crippen LogP contribution in [-0.2, 0) is 0 Å². The van der Waals surface area contributed by atoms with Gasteiger partial charge in [-0.15, -0.1) is 0 Å². The van der Waals surface area contributed by atoms with Crippen molar-refractivity contribution in [2.75, 3.05) is 11.1 Å². The van der Waals surface area contributed by atoms with Gasteiger partial charge in [0, 0.05) is 10.8 Å². The zero-order valence-electron chi connectivity index (χ0n) is 12.4. The van der Waals surface area contributed by atoms with Crippen LogP contribution < -0.4 is 11.1 Å². The summed E-state index contributed by atoms with van der Waals surface area (Å²) in [6.07, 6.45) is 1.61. The normalized spacial score (nSPS) is 11.0. The molecule has 4 aromatic rings. The molecule has 7 heteroatoms. The molecule has 2 heterocycles. The third-order valence-electron chi connectivity index (χ3n) is 3.80. The second-order valence-electron chi connectivity index (χ2n) is 5.33. The maximum Gasteiger partial charge on any atom is 0.259 e. The van der Waals surface area contributed by atoms with Gasteiger partial charge in [0.1, 0.15) is 5.82 Å². The molecule has 0 radical (unpaired) electrons. The summed E-state index contributed by atoms with van der Waals surface area (Å²) in [7, 11) is 0. The SMILES string of the molecule is Nc1nc2ccccc2cc1C(=O)Nc1ccc2[nH]ncc2c1Cl. The molecule has 0 aliphatic rings. The first-order valence-electron chi connectivity index (χ1n) is 7.21. The number of benzene rings is 2. The molecular formula is C17H12ClN5O. The van der Waals surface area contributed by atoms with E-state index in [1.54, 1.807) is 24.4 Å². The number of pyridine rings is 1. The van der Waals surface area contributed by atoms with E-state index >= 15 is 0 Å². The van der Waals surface area contributed by atoms with Gasteiger partial charge in [-0.25, -0.2) is 4.98 Å². The second-order valence-corrected chi connectivity index (χ2v) is 5.70. The van der Waals surface area contributed by atoms with Crippen molar-refractivity contribution in [2.45, 2.75) is 0 Å². The summed E-state index contributed by atoms with van der Waals surface area (Å²) in [6.45, 7) is 0. The van der Waals surface area contributed by atoms with Crippen molar-refractivity contribution in [3.05, 3.63) is 59.2 Å². The number of H-pyrrole nitrogens is 1. The summed E-state index contributed by atoms with van der Waals surface area (Å²) < 4.78 is 0. The summed E-state index contributed by atoms with van der Waals surface area (Å²) in [5.41, 5.74) is 8.26. The molecule has 2 aromatic heterocycles. The number of carbonyl (C=O) groups is 1. The van der Waals surface area contributed by atoms with E-state index in [9.17, 15) is 4.79 Å². The van der Waals surface area contributed by atoms with Crippen LogP contribution in [0.25, 0.3) is 21.8 Å². The number of nitrogens with zero attached hydrogens (tertiary/aromatic N) is 2. The Morgan fingerprint density at radius 2 is 2.04 bits per heavy atom. The summed E-state index contributed by atoms with van der Waals surface area (Å²) in [6, 6.07) is 12.7. The Balaban J connectivity index is 1.73. The average Bonchev–Trinajstić information content (AvgIpc) is 3.06. The monoisotopic (exact) mass is 337 g/mol. The van der Waals surface area contributed by atoms with Gasteiger partial charge in [-0.3, -0.25) is 9.89 Å². The molecule has 1 amide bonds. The molecule has 0 spiro atoms. The van der Waals surface area contributed by atoms with Crippen LogP contribution in [0.5, 0.6) is 0 Å². The second kappa shape index (κ2) is 5.50. The summed E-state index contributed by atoms with van der Waals surface area (Å²) in [5, 5.41) is 11.5. The van der Waals surface area contributed by atoms with Crippen LogP contribution in [0.2, 0.25) is 5.02 Å². The van der Waals surface area contributed by atoms with E-state index in [1.807, 2.05) is 24.3 Å². The first-order chi connectivity index (χ1) is 11.6. The number of hydrogen-bond acceptors (Lipinski definition) is 4. The number of nitrogen functional groups attached to an aromatic ring is 1. The molecular weight excluding hydrogens is 326 g/mol. The van der Waals surface area contributed by atoms with Gasteiger partial charge in [0.2, 0.25) is 0 Å². The largest absolute Gasteiger partial charge is 0.383 e. The Morgan fingerprint density at radius 1 is 1.21 bits per heavy atom. The molecule has 4 N–H and O–H groups in total. The topological polar surface area (TPSA) is 96.7 Å². The Kier molecular flexibility index (Phi) is 3.32. The van der Waals surface area contributed by atoms with Crippen molar-refractivity contribution in [2.24, 2.45) is 0 Å². The molecule has 0 saturated carbocycles. The molecule has 24 heavy (non-hydrogen) atoms. The maximum atomic E-state index is 12.6. The Morgan fingerprint density at radius 3 is 2.92 bits per heavy atom. The molecule has 0 aliphatic carbocycles. The number of para-hydroxylation sites is 1. The van der Waals surface area contributed by atoms with Crippen LogP contribution in [0, 0.1) is 0 Å². The van der Waals surface area contributed by atoms with Crippen molar-refractivity contribution in [1.82, 2.24) is 15.2 Å². The number of rotatable bonds is 2. The van der Waals surface area contributed by atoms with Gasteiger partial charge in [-0.1, -0.05) is 29.8 Å². The number of anilines is 2. The van der Waals surface area contributed by atoms with Crippen LogP contribution in [-0.4, -0.2) is 21.1 Å². The molecule has 0 atom stereocenters. The Labute approximate surface area is 141 Å². The molecule has 0 aliphatic heterocycles. The van der Waals surface area contributed by atoms with Crippen LogP contribution in [0.1, 0.15) is 10.4 Å².